The number of hydrogen-bond acceptors (Lipinski definition) is 3. The molecule has 1 aliphatic heterocycles. The van der Waals surface area contributed by atoms with Crippen LogP contribution in [0.5, 0.6) is 0 Å². The average Bonchev–Trinajstić information content (AvgIpc) is 2.44. The maximum atomic E-state index is 12.3. The first kappa shape index (κ1) is 16.2. The predicted octanol–water partition coefficient (Wildman–Crippen LogP) is 2.31. The number of nitrogens with one attached hydrogen (secondary N) is 1. The molecule has 0 aliphatic carbocycles. The van der Waals surface area contributed by atoms with Gasteiger partial charge in [0.15, 0.2) is 0 Å². The van der Waals surface area contributed by atoms with E-state index in [9.17, 15) is 9.59 Å². The van der Waals surface area contributed by atoms with Crippen LogP contribution in [0.1, 0.15) is 19.4 Å². The average molecular weight is 327 g/mol. The van der Waals surface area contributed by atoms with Crippen molar-refractivity contribution in [2.45, 2.75) is 25.1 Å². The van der Waals surface area contributed by atoms with E-state index in [4.69, 9.17) is 11.6 Å². The van der Waals surface area contributed by atoms with Gasteiger partial charge in [0.05, 0.1) is 5.75 Å². The Morgan fingerprint density at radius 2 is 2.05 bits per heavy atom. The van der Waals surface area contributed by atoms with E-state index in [0.29, 0.717) is 23.9 Å². The Kier molecular flexibility index (Phi) is 5.17. The van der Waals surface area contributed by atoms with E-state index < -0.39 is 5.54 Å². The third-order valence-corrected chi connectivity index (χ3v) is 4.80. The molecule has 1 N–H and O–H groups in total. The standard InChI is InChI=1S/C15H19ClN2O2S/c1-15(2)14(20)17-7-8-18(15)13(19)10-21-9-11-3-5-12(16)6-4-11/h3-6H,7-10H2,1-2H3,(H,17,20). The Hall–Kier alpha value is -1.20. The summed E-state index contributed by atoms with van der Waals surface area (Å²) in [5.41, 5.74) is 0.365. The molecule has 2 rings (SSSR count). The summed E-state index contributed by atoms with van der Waals surface area (Å²) in [6.45, 7) is 4.65. The zero-order chi connectivity index (χ0) is 15.5. The van der Waals surface area contributed by atoms with Crippen molar-refractivity contribution in [1.82, 2.24) is 10.2 Å². The topological polar surface area (TPSA) is 49.4 Å². The number of carbonyl (C=O) groups is 2. The van der Waals surface area contributed by atoms with Gasteiger partial charge in [-0.3, -0.25) is 9.59 Å². The van der Waals surface area contributed by atoms with Gasteiger partial charge in [-0.2, -0.15) is 0 Å². The molecule has 0 saturated carbocycles. The van der Waals surface area contributed by atoms with Crippen LogP contribution in [0.3, 0.4) is 0 Å². The normalized spacial score (nSPS) is 17.5. The molecule has 1 aromatic rings. The number of piperazine rings is 1. The summed E-state index contributed by atoms with van der Waals surface area (Å²) in [7, 11) is 0. The molecule has 114 valence electrons. The molecular weight excluding hydrogens is 308 g/mol. The van der Waals surface area contributed by atoms with Crippen molar-refractivity contribution >= 4 is 35.2 Å². The van der Waals surface area contributed by atoms with Crippen LogP contribution in [0.4, 0.5) is 0 Å². The smallest absolute Gasteiger partial charge is 0.245 e. The minimum Gasteiger partial charge on any atom is -0.352 e. The Morgan fingerprint density at radius 1 is 1.38 bits per heavy atom. The molecule has 1 aliphatic rings. The predicted molar refractivity (Wildman–Crippen MR) is 86.4 cm³/mol. The maximum Gasteiger partial charge on any atom is 0.245 e. The Bertz CT molecular complexity index is 531. The lowest BCUT2D eigenvalue weighted by molar-refractivity contribution is -0.147. The van der Waals surface area contributed by atoms with Gasteiger partial charge in [-0.15, -0.1) is 11.8 Å². The first-order chi connectivity index (χ1) is 9.91. The van der Waals surface area contributed by atoms with E-state index in [2.05, 4.69) is 5.32 Å². The molecular formula is C15H19ClN2O2S. The van der Waals surface area contributed by atoms with Gasteiger partial charge < -0.3 is 10.2 Å². The highest BCUT2D eigenvalue weighted by molar-refractivity contribution is 7.99. The fraction of sp³-hybridized carbons (Fsp3) is 0.467. The van der Waals surface area contributed by atoms with Gasteiger partial charge in [0, 0.05) is 23.9 Å². The van der Waals surface area contributed by atoms with Crippen molar-refractivity contribution in [3.8, 4) is 0 Å². The molecule has 1 fully saturated rings. The number of nitrogens with zero attached hydrogens (tertiary/aromatic N) is 1. The largest absolute Gasteiger partial charge is 0.352 e. The lowest BCUT2D eigenvalue weighted by Crippen LogP contribution is -2.63. The highest BCUT2D eigenvalue weighted by Crippen LogP contribution is 2.21. The molecule has 0 unspecified atom stereocenters. The molecule has 0 atom stereocenters. The number of rotatable bonds is 4. The van der Waals surface area contributed by atoms with Crippen LogP contribution in [0.15, 0.2) is 24.3 Å². The van der Waals surface area contributed by atoms with Crippen molar-refractivity contribution in [3.05, 3.63) is 34.9 Å². The summed E-state index contributed by atoms with van der Waals surface area (Å²) in [5.74, 6) is 1.04. The molecule has 21 heavy (non-hydrogen) atoms. The molecule has 1 heterocycles. The fourth-order valence-corrected chi connectivity index (χ4v) is 3.24. The minimum atomic E-state index is -0.768. The van der Waals surface area contributed by atoms with Crippen molar-refractivity contribution < 1.29 is 9.59 Å². The van der Waals surface area contributed by atoms with E-state index in [-0.39, 0.29) is 11.8 Å². The zero-order valence-corrected chi connectivity index (χ0v) is 13.8. The second kappa shape index (κ2) is 6.71. The molecule has 0 spiro atoms. The minimum absolute atomic E-state index is 0.00816. The van der Waals surface area contributed by atoms with Crippen molar-refractivity contribution in [2.75, 3.05) is 18.8 Å². The van der Waals surface area contributed by atoms with Gasteiger partial charge in [0.2, 0.25) is 11.8 Å². The van der Waals surface area contributed by atoms with E-state index >= 15 is 0 Å². The van der Waals surface area contributed by atoms with Crippen LogP contribution in [0.25, 0.3) is 0 Å². The lowest BCUT2D eigenvalue weighted by Gasteiger charge is -2.41. The SMILES string of the molecule is CC1(C)C(=O)NCCN1C(=O)CSCc1ccc(Cl)cc1. The van der Waals surface area contributed by atoms with Crippen LogP contribution < -0.4 is 5.32 Å². The summed E-state index contributed by atoms with van der Waals surface area (Å²) in [4.78, 5) is 25.8. The number of hydrogen-bond donors (Lipinski definition) is 1. The van der Waals surface area contributed by atoms with Crippen LogP contribution in [0.2, 0.25) is 5.02 Å². The number of benzene rings is 1. The quantitative estimate of drug-likeness (QED) is 0.923. The summed E-state index contributed by atoms with van der Waals surface area (Å²) >= 11 is 7.39. The molecule has 2 amide bonds. The zero-order valence-electron chi connectivity index (χ0n) is 12.2. The Morgan fingerprint density at radius 3 is 2.71 bits per heavy atom. The third kappa shape index (κ3) is 3.92. The molecule has 1 saturated heterocycles. The molecule has 1 aromatic carbocycles. The number of halogens is 1. The number of amides is 2. The lowest BCUT2D eigenvalue weighted by atomic mass is 9.99. The number of thioether (sulfide) groups is 1. The van der Waals surface area contributed by atoms with Crippen LogP contribution >= 0.6 is 23.4 Å². The van der Waals surface area contributed by atoms with Gasteiger partial charge >= 0.3 is 0 Å². The van der Waals surface area contributed by atoms with Gasteiger partial charge in [-0.05, 0) is 31.5 Å². The Balaban J connectivity index is 1.87. The van der Waals surface area contributed by atoms with Crippen LogP contribution in [-0.4, -0.2) is 41.1 Å². The fourth-order valence-electron chi connectivity index (χ4n) is 2.25. The van der Waals surface area contributed by atoms with Crippen LogP contribution in [-0.2, 0) is 15.3 Å². The molecule has 0 bridgehead atoms. The monoisotopic (exact) mass is 326 g/mol. The van der Waals surface area contributed by atoms with E-state index in [1.54, 1.807) is 30.5 Å². The second-order valence-corrected chi connectivity index (χ2v) is 6.90. The summed E-state index contributed by atoms with van der Waals surface area (Å²) < 4.78 is 0. The highest BCUT2D eigenvalue weighted by atomic mass is 35.5. The summed E-state index contributed by atoms with van der Waals surface area (Å²) in [6, 6.07) is 7.60. The summed E-state index contributed by atoms with van der Waals surface area (Å²) in [5, 5.41) is 3.50. The van der Waals surface area contributed by atoms with Crippen molar-refractivity contribution in [3.63, 3.8) is 0 Å². The van der Waals surface area contributed by atoms with Gasteiger partial charge in [0.25, 0.3) is 0 Å². The third-order valence-electron chi connectivity index (χ3n) is 3.56. The van der Waals surface area contributed by atoms with Crippen molar-refractivity contribution in [1.29, 1.82) is 0 Å². The van der Waals surface area contributed by atoms with Gasteiger partial charge in [-0.25, -0.2) is 0 Å². The number of carbonyl (C=O) groups excluding carboxylic acids is 2. The van der Waals surface area contributed by atoms with Crippen LogP contribution in [0, 0.1) is 0 Å². The van der Waals surface area contributed by atoms with E-state index in [1.807, 2.05) is 24.3 Å². The molecule has 0 radical (unpaired) electrons. The maximum absolute atomic E-state index is 12.3. The van der Waals surface area contributed by atoms with E-state index in [1.165, 1.54) is 0 Å². The first-order valence-corrected chi connectivity index (χ1v) is 8.35. The Labute approximate surface area is 134 Å². The first-order valence-electron chi connectivity index (χ1n) is 6.82. The summed E-state index contributed by atoms with van der Waals surface area (Å²) in [6.07, 6.45) is 0. The van der Waals surface area contributed by atoms with Crippen molar-refractivity contribution in [2.24, 2.45) is 0 Å². The molecule has 4 nitrogen and oxygen atoms in total. The second-order valence-electron chi connectivity index (χ2n) is 5.48. The van der Waals surface area contributed by atoms with Gasteiger partial charge in [0.1, 0.15) is 5.54 Å². The highest BCUT2D eigenvalue weighted by Gasteiger charge is 2.39. The van der Waals surface area contributed by atoms with Gasteiger partial charge in [-0.1, -0.05) is 23.7 Å². The molecule has 6 heteroatoms. The van der Waals surface area contributed by atoms with E-state index in [0.717, 1.165) is 11.3 Å². The molecule has 0 aromatic heterocycles.